The second kappa shape index (κ2) is 6.08. The number of rotatable bonds is 5. The normalized spacial score (nSPS) is 10.0. The highest BCUT2D eigenvalue weighted by molar-refractivity contribution is 5.90. The van der Waals surface area contributed by atoms with Gasteiger partial charge in [-0.3, -0.25) is 9.78 Å². The number of nitrogens with zero attached hydrogens (tertiary/aromatic N) is 1. The molecular formula is C10H14FN3O. The standard InChI is InChI=1S/C10H14FN3O/c11-8-7-13-6-4-9(8)14-10(15)3-1-2-5-12/h4,6-7H,1-3,5,12H2,(H,13,14,15). The molecule has 15 heavy (non-hydrogen) atoms. The smallest absolute Gasteiger partial charge is 0.224 e. The molecule has 1 aromatic heterocycles. The molecule has 0 aliphatic rings. The predicted octanol–water partition coefficient (Wildman–Crippen LogP) is 1.29. The maximum atomic E-state index is 13.0. The molecule has 5 heteroatoms. The van der Waals surface area contributed by atoms with Gasteiger partial charge < -0.3 is 11.1 Å². The zero-order valence-electron chi connectivity index (χ0n) is 8.37. The second-order valence-corrected chi connectivity index (χ2v) is 3.15. The molecule has 0 bridgehead atoms. The number of anilines is 1. The average Bonchev–Trinajstić information content (AvgIpc) is 2.22. The van der Waals surface area contributed by atoms with E-state index in [1.165, 1.54) is 12.3 Å². The quantitative estimate of drug-likeness (QED) is 0.721. The lowest BCUT2D eigenvalue weighted by atomic mass is 10.2. The third-order valence-electron chi connectivity index (χ3n) is 1.90. The Bertz CT molecular complexity index is 330. The van der Waals surface area contributed by atoms with Gasteiger partial charge >= 0.3 is 0 Å². The Labute approximate surface area is 87.7 Å². The van der Waals surface area contributed by atoms with Crippen molar-refractivity contribution in [1.29, 1.82) is 0 Å². The number of hydrogen-bond donors (Lipinski definition) is 2. The van der Waals surface area contributed by atoms with E-state index in [9.17, 15) is 9.18 Å². The summed E-state index contributed by atoms with van der Waals surface area (Å²) in [5.74, 6) is -0.724. The number of halogens is 1. The van der Waals surface area contributed by atoms with E-state index in [0.717, 1.165) is 19.0 Å². The Morgan fingerprint density at radius 1 is 1.53 bits per heavy atom. The lowest BCUT2D eigenvalue weighted by molar-refractivity contribution is -0.116. The topological polar surface area (TPSA) is 68.0 Å². The molecule has 0 unspecified atom stereocenters. The molecule has 0 radical (unpaired) electrons. The SMILES string of the molecule is NCCCCC(=O)Nc1ccncc1F. The molecule has 82 valence electrons. The first-order valence-corrected chi connectivity index (χ1v) is 4.83. The molecule has 0 saturated carbocycles. The Kier molecular flexibility index (Phi) is 4.70. The first kappa shape index (κ1) is 11.6. The van der Waals surface area contributed by atoms with Crippen LogP contribution in [0.1, 0.15) is 19.3 Å². The van der Waals surface area contributed by atoms with Crippen LogP contribution in [0.4, 0.5) is 10.1 Å². The van der Waals surface area contributed by atoms with Crippen LogP contribution in [0.25, 0.3) is 0 Å². The number of nitrogens with two attached hydrogens (primary N) is 1. The van der Waals surface area contributed by atoms with E-state index in [1.807, 2.05) is 0 Å². The number of unbranched alkanes of at least 4 members (excludes halogenated alkanes) is 1. The highest BCUT2D eigenvalue weighted by atomic mass is 19.1. The summed E-state index contributed by atoms with van der Waals surface area (Å²) < 4.78 is 13.0. The van der Waals surface area contributed by atoms with Crippen LogP contribution in [0.15, 0.2) is 18.5 Å². The van der Waals surface area contributed by atoms with Gasteiger partial charge in [0.15, 0.2) is 5.82 Å². The van der Waals surface area contributed by atoms with Crippen molar-refractivity contribution in [2.45, 2.75) is 19.3 Å². The van der Waals surface area contributed by atoms with Gasteiger partial charge in [0.1, 0.15) is 0 Å². The number of carbonyl (C=O) groups is 1. The van der Waals surface area contributed by atoms with Gasteiger partial charge in [0, 0.05) is 12.6 Å². The highest BCUT2D eigenvalue weighted by Gasteiger charge is 2.05. The summed E-state index contributed by atoms with van der Waals surface area (Å²) in [6.45, 7) is 0.566. The molecule has 0 atom stereocenters. The summed E-state index contributed by atoms with van der Waals surface area (Å²) in [5, 5.41) is 2.47. The lowest BCUT2D eigenvalue weighted by Gasteiger charge is -2.04. The monoisotopic (exact) mass is 211 g/mol. The van der Waals surface area contributed by atoms with Crippen LogP contribution in [0, 0.1) is 5.82 Å². The molecule has 0 saturated heterocycles. The third kappa shape index (κ3) is 4.03. The van der Waals surface area contributed by atoms with Gasteiger partial charge in [-0.15, -0.1) is 0 Å². The molecule has 0 spiro atoms. The summed E-state index contributed by atoms with van der Waals surface area (Å²) in [6.07, 6.45) is 4.37. The predicted molar refractivity (Wildman–Crippen MR) is 55.7 cm³/mol. The molecule has 1 rings (SSSR count). The van der Waals surface area contributed by atoms with Gasteiger partial charge in [0.2, 0.25) is 5.91 Å². The van der Waals surface area contributed by atoms with Crippen LogP contribution >= 0.6 is 0 Å². The molecule has 4 nitrogen and oxygen atoms in total. The Hall–Kier alpha value is -1.49. The minimum atomic E-state index is -0.523. The summed E-state index contributed by atoms with van der Waals surface area (Å²) in [4.78, 5) is 14.9. The number of amides is 1. The lowest BCUT2D eigenvalue weighted by Crippen LogP contribution is -2.13. The maximum Gasteiger partial charge on any atom is 0.224 e. The fourth-order valence-electron chi connectivity index (χ4n) is 1.12. The Morgan fingerprint density at radius 2 is 2.33 bits per heavy atom. The molecular weight excluding hydrogens is 197 g/mol. The average molecular weight is 211 g/mol. The number of hydrogen-bond acceptors (Lipinski definition) is 3. The number of nitrogens with one attached hydrogen (secondary N) is 1. The Morgan fingerprint density at radius 3 is 3.00 bits per heavy atom. The number of pyridine rings is 1. The highest BCUT2D eigenvalue weighted by Crippen LogP contribution is 2.11. The largest absolute Gasteiger partial charge is 0.330 e. The first-order chi connectivity index (χ1) is 7.24. The second-order valence-electron chi connectivity index (χ2n) is 3.15. The van der Waals surface area contributed by atoms with Crippen molar-refractivity contribution in [3.05, 3.63) is 24.3 Å². The summed E-state index contributed by atoms with van der Waals surface area (Å²) >= 11 is 0. The van der Waals surface area contributed by atoms with E-state index in [-0.39, 0.29) is 11.6 Å². The van der Waals surface area contributed by atoms with Gasteiger partial charge in [-0.2, -0.15) is 0 Å². The van der Waals surface area contributed by atoms with Crippen molar-refractivity contribution in [2.24, 2.45) is 5.73 Å². The van der Waals surface area contributed by atoms with Gasteiger partial charge in [0.05, 0.1) is 11.9 Å². The molecule has 0 aromatic carbocycles. The molecule has 1 amide bonds. The first-order valence-electron chi connectivity index (χ1n) is 4.83. The van der Waals surface area contributed by atoms with E-state index in [1.54, 1.807) is 0 Å². The van der Waals surface area contributed by atoms with Crippen LogP contribution in [0.3, 0.4) is 0 Å². The van der Waals surface area contributed by atoms with Gasteiger partial charge in [-0.05, 0) is 25.5 Å². The van der Waals surface area contributed by atoms with E-state index < -0.39 is 5.82 Å². The van der Waals surface area contributed by atoms with E-state index >= 15 is 0 Å². The maximum absolute atomic E-state index is 13.0. The molecule has 1 heterocycles. The molecule has 1 aromatic rings. The van der Waals surface area contributed by atoms with E-state index in [2.05, 4.69) is 10.3 Å². The van der Waals surface area contributed by atoms with Crippen LogP contribution in [0.5, 0.6) is 0 Å². The molecule has 0 aliphatic carbocycles. The van der Waals surface area contributed by atoms with Crippen LogP contribution in [-0.2, 0) is 4.79 Å². The fourth-order valence-corrected chi connectivity index (χ4v) is 1.12. The summed E-state index contributed by atoms with van der Waals surface area (Å²) in [6, 6.07) is 1.43. The summed E-state index contributed by atoms with van der Waals surface area (Å²) in [5.41, 5.74) is 5.46. The van der Waals surface area contributed by atoms with Crippen LogP contribution < -0.4 is 11.1 Å². The van der Waals surface area contributed by atoms with Crippen molar-refractivity contribution in [2.75, 3.05) is 11.9 Å². The zero-order chi connectivity index (χ0) is 11.1. The van der Waals surface area contributed by atoms with Crippen molar-refractivity contribution in [3.8, 4) is 0 Å². The summed E-state index contributed by atoms with van der Waals surface area (Å²) in [7, 11) is 0. The third-order valence-corrected chi connectivity index (χ3v) is 1.90. The molecule has 0 aliphatic heterocycles. The van der Waals surface area contributed by atoms with Crippen LogP contribution in [0.2, 0.25) is 0 Å². The Balaban J connectivity index is 2.41. The van der Waals surface area contributed by atoms with Gasteiger partial charge in [0.25, 0.3) is 0 Å². The van der Waals surface area contributed by atoms with Gasteiger partial charge in [-0.25, -0.2) is 4.39 Å². The molecule has 3 N–H and O–H groups in total. The van der Waals surface area contributed by atoms with E-state index in [4.69, 9.17) is 5.73 Å². The van der Waals surface area contributed by atoms with Crippen LogP contribution in [-0.4, -0.2) is 17.4 Å². The van der Waals surface area contributed by atoms with E-state index in [0.29, 0.717) is 13.0 Å². The molecule has 0 fully saturated rings. The van der Waals surface area contributed by atoms with Crippen molar-refractivity contribution < 1.29 is 9.18 Å². The minimum absolute atomic E-state index is 0.169. The minimum Gasteiger partial charge on any atom is -0.330 e. The van der Waals surface area contributed by atoms with Gasteiger partial charge in [-0.1, -0.05) is 0 Å². The fraction of sp³-hybridized carbons (Fsp3) is 0.400. The van der Waals surface area contributed by atoms with Crippen molar-refractivity contribution in [3.63, 3.8) is 0 Å². The number of aromatic nitrogens is 1. The van der Waals surface area contributed by atoms with Crippen molar-refractivity contribution in [1.82, 2.24) is 4.98 Å². The van der Waals surface area contributed by atoms with Crippen molar-refractivity contribution >= 4 is 11.6 Å². The number of carbonyl (C=O) groups excluding carboxylic acids is 1. The zero-order valence-corrected chi connectivity index (χ0v) is 8.37.